The second-order valence-electron chi connectivity index (χ2n) is 5.27. The number of nitrogens with zero attached hydrogens (tertiary/aromatic N) is 3. The quantitative estimate of drug-likeness (QED) is 0.756. The van der Waals surface area contributed by atoms with E-state index in [2.05, 4.69) is 4.98 Å². The molecular weight excluding hydrogens is 216 g/mol. The Labute approximate surface area is 101 Å². The summed E-state index contributed by atoms with van der Waals surface area (Å²) >= 11 is 0. The molecule has 1 aromatic heterocycles. The number of piperidine rings is 1. The highest BCUT2D eigenvalue weighted by Crippen LogP contribution is 2.35. The van der Waals surface area contributed by atoms with Crippen LogP contribution in [0.25, 0.3) is 0 Å². The van der Waals surface area contributed by atoms with E-state index in [1.165, 1.54) is 12.8 Å². The molecule has 1 saturated heterocycles. The van der Waals surface area contributed by atoms with Crippen molar-refractivity contribution in [2.75, 3.05) is 13.1 Å². The van der Waals surface area contributed by atoms with E-state index in [4.69, 9.17) is 5.73 Å². The number of carbonyl (C=O) groups is 1. The Morgan fingerprint density at radius 2 is 2.06 bits per heavy atom. The Balaban J connectivity index is 1.79. The zero-order valence-electron chi connectivity index (χ0n) is 10.0. The van der Waals surface area contributed by atoms with Gasteiger partial charge in [-0.25, -0.2) is 4.98 Å². The van der Waals surface area contributed by atoms with Gasteiger partial charge >= 0.3 is 0 Å². The lowest BCUT2D eigenvalue weighted by molar-refractivity contribution is 0.0627. The number of hydrogen-bond donors (Lipinski definition) is 1. The summed E-state index contributed by atoms with van der Waals surface area (Å²) in [6.07, 6.45) is 5.64. The first-order valence-corrected chi connectivity index (χ1v) is 6.18. The fraction of sp³-hybridized carbons (Fsp3) is 0.667. The normalized spacial score (nSPS) is 31.9. The van der Waals surface area contributed by atoms with Gasteiger partial charge in [0.2, 0.25) is 0 Å². The van der Waals surface area contributed by atoms with E-state index in [0.717, 1.165) is 13.1 Å². The van der Waals surface area contributed by atoms with Gasteiger partial charge in [-0.3, -0.25) is 4.79 Å². The van der Waals surface area contributed by atoms with Crippen LogP contribution in [0.1, 0.15) is 23.3 Å². The van der Waals surface area contributed by atoms with Gasteiger partial charge < -0.3 is 15.2 Å². The van der Waals surface area contributed by atoms with Crippen molar-refractivity contribution in [3.63, 3.8) is 0 Å². The molecule has 2 fully saturated rings. The van der Waals surface area contributed by atoms with Crippen molar-refractivity contribution in [2.45, 2.75) is 18.9 Å². The SMILES string of the molecule is Cn1cncc1C(=O)N1C[C@H]2CC[C@@H](C1)C2N. The van der Waals surface area contributed by atoms with Crippen molar-refractivity contribution in [1.29, 1.82) is 0 Å². The molecule has 0 spiro atoms. The molecule has 0 radical (unpaired) electrons. The Morgan fingerprint density at radius 3 is 2.59 bits per heavy atom. The van der Waals surface area contributed by atoms with Crippen LogP contribution in [0.5, 0.6) is 0 Å². The molecule has 1 aromatic rings. The number of likely N-dealkylation sites (tertiary alicyclic amines) is 1. The Morgan fingerprint density at radius 1 is 1.41 bits per heavy atom. The van der Waals surface area contributed by atoms with Crippen molar-refractivity contribution in [3.8, 4) is 0 Å². The third-order valence-electron chi connectivity index (χ3n) is 4.23. The number of hydrogen-bond acceptors (Lipinski definition) is 3. The highest BCUT2D eigenvalue weighted by molar-refractivity contribution is 5.92. The number of amides is 1. The Bertz CT molecular complexity index is 427. The van der Waals surface area contributed by atoms with E-state index in [-0.39, 0.29) is 5.91 Å². The Hall–Kier alpha value is -1.36. The van der Waals surface area contributed by atoms with Crippen LogP contribution in [0.3, 0.4) is 0 Å². The van der Waals surface area contributed by atoms with Gasteiger partial charge in [-0.15, -0.1) is 0 Å². The smallest absolute Gasteiger partial charge is 0.272 e. The lowest BCUT2D eigenvalue weighted by Crippen LogP contribution is -2.50. The first-order chi connectivity index (χ1) is 8.16. The number of imidazole rings is 1. The standard InChI is InChI=1S/C12H18N4O/c1-15-7-14-4-10(15)12(17)16-5-8-2-3-9(6-16)11(8)13/h4,7-9,11H,2-3,5-6,13H2,1H3/t8-,9+,11?. The first-order valence-electron chi connectivity index (χ1n) is 6.18. The summed E-state index contributed by atoms with van der Waals surface area (Å²) in [5.74, 6) is 1.07. The fourth-order valence-electron chi connectivity index (χ4n) is 3.16. The average molecular weight is 234 g/mol. The summed E-state index contributed by atoms with van der Waals surface area (Å²) in [6, 6.07) is 0.297. The zero-order valence-corrected chi connectivity index (χ0v) is 10.0. The van der Waals surface area contributed by atoms with Gasteiger partial charge in [0.15, 0.2) is 0 Å². The maximum atomic E-state index is 12.3. The number of fused-ring (bicyclic) bond motifs is 2. The molecule has 2 N–H and O–H groups in total. The third kappa shape index (κ3) is 1.65. The predicted octanol–water partition coefficient (Wildman–Crippen LogP) is 0.229. The minimum Gasteiger partial charge on any atom is -0.337 e. The molecule has 2 bridgehead atoms. The van der Waals surface area contributed by atoms with Crippen molar-refractivity contribution >= 4 is 5.91 Å². The van der Waals surface area contributed by atoms with Crippen molar-refractivity contribution in [3.05, 3.63) is 18.2 Å². The van der Waals surface area contributed by atoms with Crippen LogP contribution in [0.2, 0.25) is 0 Å². The number of carbonyl (C=O) groups excluding carboxylic acids is 1. The predicted molar refractivity (Wildman–Crippen MR) is 63.3 cm³/mol. The van der Waals surface area contributed by atoms with Gasteiger partial charge in [0.1, 0.15) is 5.69 Å². The first kappa shape index (κ1) is 10.8. The molecule has 1 aliphatic carbocycles. The summed E-state index contributed by atoms with van der Waals surface area (Å²) in [5.41, 5.74) is 6.81. The van der Waals surface area contributed by atoms with Gasteiger partial charge in [-0.1, -0.05) is 0 Å². The van der Waals surface area contributed by atoms with E-state index in [0.29, 0.717) is 23.6 Å². The molecule has 1 amide bonds. The summed E-state index contributed by atoms with van der Waals surface area (Å²) in [4.78, 5) is 18.3. The lowest BCUT2D eigenvalue weighted by atomic mass is 9.93. The number of aryl methyl sites for hydroxylation is 1. The van der Waals surface area contributed by atoms with E-state index in [9.17, 15) is 4.79 Å². The lowest BCUT2D eigenvalue weighted by Gasteiger charge is -2.36. The molecule has 5 nitrogen and oxygen atoms in total. The summed E-state index contributed by atoms with van der Waals surface area (Å²) in [5, 5.41) is 0. The van der Waals surface area contributed by atoms with Crippen LogP contribution in [0.4, 0.5) is 0 Å². The number of rotatable bonds is 1. The van der Waals surface area contributed by atoms with E-state index >= 15 is 0 Å². The van der Waals surface area contributed by atoms with Gasteiger partial charge in [0.25, 0.3) is 5.91 Å². The molecule has 1 saturated carbocycles. The van der Waals surface area contributed by atoms with Crippen LogP contribution >= 0.6 is 0 Å². The molecule has 92 valence electrons. The molecule has 1 unspecified atom stereocenters. The molecule has 3 rings (SSSR count). The zero-order chi connectivity index (χ0) is 12.0. The fourth-order valence-corrected chi connectivity index (χ4v) is 3.16. The molecule has 5 heteroatoms. The topological polar surface area (TPSA) is 64.2 Å². The second kappa shape index (κ2) is 3.84. The molecule has 1 aliphatic heterocycles. The molecule has 3 atom stereocenters. The third-order valence-corrected chi connectivity index (χ3v) is 4.23. The van der Waals surface area contributed by atoms with Crippen LogP contribution in [0.15, 0.2) is 12.5 Å². The van der Waals surface area contributed by atoms with Gasteiger partial charge in [0.05, 0.1) is 12.5 Å². The largest absolute Gasteiger partial charge is 0.337 e. The molecule has 2 aliphatic rings. The summed E-state index contributed by atoms with van der Waals surface area (Å²) in [6.45, 7) is 1.61. The van der Waals surface area contributed by atoms with Crippen LogP contribution in [-0.2, 0) is 7.05 Å². The molecular formula is C12H18N4O. The van der Waals surface area contributed by atoms with Crippen LogP contribution in [-0.4, -0.2) is 39.5 Å². The van der Waals surface area contributed by atoms with Crippen LogP contribution < -0.4 is 5.73 Å². The summed E-state index contributed by atoms with van der Waals surface area (Å²) in [7, 11) is 1.85. The Kier molecular flexibility index (Phi) is 2.43. The van der Waals surface area contributed by atoms with E-state index in [1.807, 2.05) is 11.9 Å². The second-order valence-corrected chi connectivity index (χ2v) is 5.27. The number of aromatic nitrogens is 2. The minimum atomic E-state index is 0.0915. The number of nitrogens with two attached hydrogens (primary N) is 1. The van der Waals surface area contributed by atoms with Gasteiger partial charge in [-0.2, -0.15) is 0 Å². The van der Waals surface area contributed by atoms with E-state index in [1.54, 1.807) is 17.1 Å². The van der Waals surface area contributed by atoms with Gasteiger partial charge in [-0.05, 0) is 24.7 Å². The maximum Gasteiger partial charge on any atom is 0.272 e. The highest BCUT2D eigenvalue weighted by Gasteiger charge is 2.41. The van der Waals surface area contributed by atoms with Gasteiger partial charge in [0, 0.05) is 26.2 Å². The average Bonchev–Trinajstić information content (AvgIpc) is 2.79. The summed E-state index contributed by atoms with van der Waals surface area (Å²) < 4.78 is 1.78. The van der Waals surface area contributed by atoms with Crippen molar-refractivity contribution in [2.24, 2.45) is 24.6 Å². The monoisotopic (exact) mass is 234 g/mol. The maximum absolute atomic E-state index is 12.3. The van der Waals surface area contributed by atoms with Crippen LogP contribution in [0, 0.1) is 11.8 Å². The minimum absolute atomic E-state index is 0.0915. The van der Waals surface area contributed by atoms with Crippen molar-refractivity contribution < 1.29 is 4.79 Å². The molecule has 17 heavy (non-hydrogen) atoms. The van der Waals surface area contributed by atoms with Crippen molar-refractivity contribution in [1.82, 2.24) is 14.5 Å². The van der Waals surface area contributed by atoms with E-state index < -0.39 is 0 Å². The molecule has 0 aromatic carbocycles. The highest BCUT2D eigenvalue weighted by atomic mass is 16.2. The molecule has 2 heterocycles.